The van der Waals surface area contributed by atoms with Crippen LogP contribution < -0.4 is 16.8 Å². The SMILES string of the molecule is Cc1ccc(NN2C(=O)[C@@H]3C[C@@H]4C(=CCn5c(=O)n(C)c(=O)n54)[C@H](c4cc(C)c(O)c(C)c4)[C@]3(c3ccccc3)C2=O)cc1. The molecule has 1 saturated heterocycles. The van der Waals surface area contributed by atoms with Crippen molar-refractivity contribution in [1.29, 1.82) is 0 Å². The van der Waals surface area contributed by atoms with Crippen LogP contribution in [0.2, 0.25) is 0 Å². The molecule has 3 aromatic carbocycles. The minimum absolute atomic E-state index is 0.146. The van der Waals surface area contributed by atoms with Crippen LogP contribution in [0.25, 0.3) is 0 Å². The number of carbonyl (C=O) groups excluding carboxylic acids is 2. The average molecular weight is 592 g/mol. The molecule has 4 atom stereocenters. The van der Waals surface area contributed by atoms with Crippen molar-refractivity contribution in [3.8, 4) is 5.75 Å². The van der Waals surface area contributed by atoms with Gasteiger partial charge in [0.15, 0.2) is 0 Å². The Kier molecular flexibility index (Phi) is 6.11. The van der Waals surface area contributed by atoms with Gasteiger partial charge in [-0.2, -0.15) is 5.01 Å². The van der Waals surface area contributed by atoms with Gasteiger partial charge in [-0.05, 0) is 67.2 Å². The highest BCUT2D eigenvalue weighted by molar-refractivity contribution is 6.12. The number of aromatic hydroxyl groups is 1. The van der Waals surface area contributed by atoms with E-state index >= 15 is 4.79 Å². The highest BCUT2D eigenvalue weighted by Crippen LogP contribution is 2.62. The number of hydrogen-bond donors (Lipinski definition) is 2. The number of anilines is 1. The van der Waals surface area contributed by atoms with Crippen LogP contribution in [-0.4, -0.2) is 35.9 Å². The number of nitrogens with zero attached hydrogens (tertiary/aromatic N) is 4. The Bertz CT molecular complexity index is 1980. The number of allylic oxidation sites excluding steroid dienone is 2. The Morgan fingerprint density at radius 1 is 0.886 bits per heavy atom. The summed E-state index contributed by atoms with van der Waals surface area (Å²) in [4.78, 5) is 56.1. The van der Waals surface area contributed by atoms with Crippen LogP contribution in [-0.2, 0) is 28.6 Å². The van der Waals surface area contributed by atoms with Gasteiger partial charge in [0.25, 0.3) is 11.8 Å². The molecule has 2 N–H and O–H groups in total. The van der Waals surface area contributed by atoms with Crippen LogP contribution in [0.1, 0.15) is 46.2 Å². The van der Waals surface area contributed by atoms with Gasteiger partial charge in [-0.15, -0.1) is 0 Å². The molecular weight excluding hydrogens is 558 g/mol. The Balaban J connectivity index is 1.52. The van der Waals surface area contributed by atoms with E-state index in [1.54, 1.807) is 13.8 Å². The van der Waals surface area contributed by atoms with E-state index in [-0.39, 0.29) is 18.7 Å². The molecule has 224 valence electrons. The fourth-order valence-corrected chi connectivity index (χ4v) is 7.65. The summed E-state index contributed by atoms with van der Waals surface area (Å²) in [5.41, 5.74) is 5.96. The van der Waals surface area contributed by atoms with E-state index in [0.29, 0.717) is 22.4 Å². The summed E-state index contributed by atoms with van der Waals surface area (Å²) in [5.74, 6) is -2.18. The fourth-order valence-electron chi connectivity index (χ4n) is 7.65. The number of hydrazine groups is 1. The van der Waals surface area contributed by atoms with Gasteiger partial charge < -0.3 is 5.11 Å². The van der Waals surface area contributed by atoms with E-state index in [9.17, 15) is 19.5 Å². The molecule has 1 aliphatic carbocycles. The van der Waals surface area contributed by atoms with Crippen molar-refractivity contribution in [3.63, 3.8) is 0 Å². The molecule has 44 heavy (non-hydrogen) atoms. The van der Waals surface area contributed by atoms with Crippen LogP contribution >= 0.6 is 0 Å². The molecule has 7 rings (SSSR count). The zero-order valence-corrected chi connectivity index (χ0v) is 24.9. The minimum atomic E-state index is -1.37. The van der Waals surface area contributed by atoms with Gasteiger partial charge in [0.05, 0.1) is 29.6 Å². The lowest BCUT2D eigenvalue weighted by atomic mass is 9.53. The standard InChI is InChI=1S/C34H33N5O5/c1-19-10-12-24(13-11-19)35-38-30(41)26-18-27-25(14-15-37-32(43)36(4)33(44)39(27)37)28(22-16-20(2)29(40)21(3)17-22)34(26,31(38)42)23-8-6-5-7-9-23/h5-14,16-17,26-28,35,40H,15,18H2,1-4H3/t26-,27+,28-,34+/m0/s1. The number of benzene rings is 3. The van der Waals surface area contributed by atoms with Gasteiger partial charge in [0.2, 0.25) is 0 Å². The third-order valence-electron chi connectivity index (χ3n) is 9.69. The van der Waals surface area contributed by atoms with Gasteiger partial charge in [0.1, 0.15) is 5.75 Å². The third-order valence-corrected chi connectivity index (χ3v) is 9.69. The predicted octanol–water partition coefficient (Wildman–Crippen LogP) is 3.60. The molecule has 2 amide bonds. The van der Waals surface area contributed by atoms with Crippen LogP contribution in [0.5, 0.6) is 5.75 Å². The number of carbonyl (C=O) groups is 2. The molecule has 0 unspecified atom stereocenters. The number of aromatic nitrogens is 3. The van der Waals surface area contributed by atoms with Crippen LogP contribution in [0, 0.1) is 26.7 Å². The van der Waals surface area contributed by atoms with Crippen molar-refractivity contribution in [3.05, 3.63) is 127 Å². The first-order valence-corrected chi connectivity index (χ1v) is 14.7. The average Bonchev–Trinajstić information content (AvgIpc) is 3.37. The van der Waals surface area contributed by atoms with E-state index in [0.717, 1.165) is 26.3 Å². The Hall–Kier alpha value is -5.12. The Morgan fingerprint density at radius 3 is 2.20 bits per heavy atom. The molecule has 4 aromatic rings. The molecule has 2 aliphatic heterocycles. The summed E-state index contributed by atoms with van der Waals surface area (Å²) in [5, 5.41) is 11.8. The van der Waals surface area contributed by atoms with Crippen LogP contribution in [0.15, 0.2) is 88.0 Å². The molecule has 10 heteroatoms. The van der Waals surface area contributed by atoms with Gasteiger partial charge in [-0.3, -0.25) is 15.0 Å². The van der Waals surface area contributed by atoms with Gasteiger partial charge >= 0.3 is 11.4 Å². The minimum Gasteiger partial charge on any atom is -0.507 e. The first kappa shape index (κ1) is 27.7. The van der Waals surface area contributed by atoms with Crippen molar-refractivity contribution in [2.24, 2.45) is 13.0 Å². The van der Waals surface area contributed by atoms with Crippen molar-refractivity contribution in [2.45, 2.75) is 51.1 Å². The van der Waals surface area contributed by atoms with E-state index in [1.165, 1.54) is 16.4 Å². The second-order valence-corrected chi connectivity index (χ2v) is 12.2. The summed E-state index contributed by atoms with van der Waals surface area (Å²) in [6.45, 7) is 5.72. The largest absolute Gasteiger partial charge is 0.507 e. The highest BCUT2D eigenvalue weighted by atomic mass is 16.3. The molecule has 2 fully saturated rings. The number of aryl methyl sites for hydroxylation is 3. The maximum Gasteiger partial charge on any atom is 0.347 e. The van der Waals surface area contributed by atoms with E-state index in [1.807, 2.05) is 79.7 Å². The summed E-state index contributed by atoms with van der Waals surface area (Å²) < 4.78 is 3.93. The molecule has 10 nitrogen and oxygen atoms in total. The third kappa shape index (κ3) is 3.66. The number of rotatable bonds is 4. The maximum absolute atomic E-state index is 15.0. The molecule has 1 aromatic heterocycles. The van der Waals surface area contributed by atoms with Gasteiger partial charge in [-0.25, -0.2) is 23.5 Å². The Morgan fingerprint density at radius 2 is 1.55 bits per heavy atom. The zero-order chi connectivity index (χ0) is 31.1. The first-order valence-electron chi connectivity index (χ1n) is 14.7. The molecule has 3 heterocycles. The number of fused-ring (bicyclic) bond motifs is 4. The lowest BCUT2D eigenvalue weighted by molar-refractivity contribution is -0.138. The highest BCUT2D eigenvalue weighted by Gasteiger charge is 2.68. The molecule has 0 bridgehead atoms. The number of hydrogen-bond acceptors (Lipinski definition) is 6. The zero-order valence-electron chi connectivity index (χ0n) is 24.9. The Labute approximate surface area is 253 Å². The lowest BCUT2D eigenvalue weighted by Gasteiger charge is -2.49. The topological polar surface area (TPSA) is 119 Å². The molecule has 0 spiro atoms. The van der Waals surface area contributed by atoms with Crippen molar-refractivity contribution in [2.75, 3.05) is 5.43 Å². The number of amides is 2. The quantitative estimate of drug-likeness (QED) is 0.277. The van der Waals surface area contributed by atoms with Crippen molar-refractivity contribution >= 4 is 17.5 Å². The van der Waals surface area contributed by atoms with E-state index < -0.39 is 46.5 Å². The molecule has 0 radical (unpaired) electrons. The van der Waals surface area contributed by atoms with Gasteiger partial charge in [-0.1, -0.05) is 66.2 Å². The molecule has 1 saturated carbocycles. The number of phenolic OH excluding ortho intramolecular Hbond substituents is 1. The summed E-state index contributed by atoms with van der Waals surface area (Å²) >= 11 is 0. The first-order chi connectivity index (χ1) is 21.0. The summed E-state index contributed by atoms with van der Waals surface area (Å²) in [6, 6.07) is 19.9. The van der Waals surface area contributed by atoms with Crippen LogP contribution in [0.4, 0.5) is 5.69 Å². The molecular formula is C34H33N5O5. The van der Waals surface area contributed by atoms with Crippen molar-refractivity contribution < 1.29 is 14.7 Å². The smallest absolute Gasteiger partial charge is 0.347 e. The van der Waals surface area contributed by atoms with Crippen molar-refractivity contribution in [1.82, 2.24) is 18.9 Å². The fraction of sp³-hybridized carbons (Fsp3) is 0.294. The second kappa shape index (κ2) is 9.70. The van der Waals surface area contributed by atoms with E-state index in [2.05, 4.69) is 5.43 Å². The monoisotopic (exact) mass is 591 g/mol. The lowest BCUT2D eigenvalue weighted by Crippen LogP contribution is -2.53. The maximum atomic E-state index is 15.0. The summed E-state index contributed by atoms with van der Waals surface area (Å²) in [6.07, 6.45) is 2.08. The number of imide groups is 1. The van der Waals surface area contributed by atoms with Gasteiger partial charge in [0, 0.05) is 13.0 Å². The number of phenols is 1. The second-order valence-electron chi connectivity index (χ2n) is 12.2. The molecule has 3 aliphatic rings. The van der Waals surface area contributed by atoms with E-state index in [4.69, 9.17) is 0 Å². The summed E-state index contributed by atoms with van der Waals surface area (Å²) in [7, 11) is 1.45. The number of nitrogens with one attached hydrogen (secondary N) is 1. The van der Waals surface area contributed by atoms with Crippen LogP contribution in [0.3, 0.4) is 0 Å². The normalized spacial score (nSPS) is 24.0. The predicted molar refractivity (Wildman–Crippen MR) is 164 cm³/mol.